The first-order valence-corrected chi connectivity index (χ1v) is 9.35. The van der Waals surface area contributed by atoms with Gasteiger partial charge >= 0.3 is 12.2 Å². The molecule has 0 radical (unpaired) electrons. The maximum absolute atomic E-state index is 13.0. The van der Waals surface area contributed by atoms with Crippen molar-refractivity contribution < 1.29 is 19.4 Å². The van der Waals surface area contributed by atoms with Crippen LogP contribution in [0, 0.1) is 0 Å². The van der Waals surface area contributed by atoms with Crippen LogP contribution in [0.2, 0.25) is 0 Å². The summed E-state index contributed by atoms with van der Waals surface area (Å²) in [5, 5.41) is 9.84. The molecule has 1 saturated heterocycles. The second kappa shape index (κ2) is 7.92. The number of benzene rings is 2. The van der Waals surface area contributed by atoms with Crippen LogP contribution in [0.1, 0.15) is 44.0 Å². The fourth-order valence-electron chi connectivity index (χ4n) is 3.48. The number of amides is 2. The second-order valence-corrected chi connectivity index (χ2v) is 7.92. The highest BCUT2D eigenvalue weighted by molar-refractivity contribution is 5.71. The smallest absolute Gasteiger partial charge is 0.410 e. The van der Waals surface area contributed by atoms with Gasteiger partial charge in [0, 0.05) is 13.1 Å². The highest BCUT2D eigenvalue weighted by Crippen LogP contribution is 2.35. The summed E-state index contributed by atoms with van der Waals surface area (Å²) in [4.78, 5) is 28.1. The van der Waals surface area contributed by atoms with Crippen molar-refractivity contribution in [1.82, 2.24) is 9.80 Å². The first-order chi connectivity index (χ1) is 13.3. The van der Waals surface area contributed by atoms with Gasteiger partial charge in [-0.2, -0.15) is 0 Å². The van der Waals surface area contributed by atoms with Crippen molar-refractivity contribution >= 4 is 12.2 Å². The molecule has 28 heavy (non-hydrogen) atoms. The Labute approximate surface area is 165 Å². The molecular formula is C22H26N2O4. The largest absolute Gasteiger partial charge is 0.465 e. The Morgan fingerprint density at radius 2 is 1.29 bits per heavy atom. The van der Waals surface area contributed by atoms with E-state index in [9.17, 15) is 14.7 Å². The number of nitrogens with zero attached hydrogens (tertiary/aromatic N) is 2. The topological polar surface area (TPSA) is 70.1 Å². The van der Waals surface area contributed by atoms with Gasteiger partial charge in [-0.3, -0.25) is 9.80 Å². The zero-order valence-electron chi connectivity index (χ0n) is 16.4. The van der Waals surface area contributed by atoms with Gasteiger partial charge < -0.3 is 9.84 Å². The molecule has 2 aromatic rings. The minimum Gasteiger partial charge on any atom is -0.465 e. The molecule has 6 nitrogen and oxygen atoms in total. The van der Waals surface area contributed by atoms with Crippen LogP contribution >= 0.6 is 0 Å². The van der Waals surface area contributed by atoms with Crippen LogP contribution in [-0.2, 0) is 4.74 Å². The van der Waals surface area contributed by atoms with E-state index < -0.39 is 29.9 Å². The van der Waals surface area contributed by atoms with E-state index in [2.05, 4.69) is 0 Å². The van der Waals surface area contributed by atoms with Crippen molar-refractivity contribution in [3.63, 3.8) is 0 Å². The summed E-state index contributed by atoms with van der Waals surface area (Å²) in [6, 6.07) is 18.0. The van der Waals surface area contributed by atoms with E-state index in [-0.39, 0.29) is 13.1 Å². The first kappa shape index (κ1) is 19.7. The number of hydrogen-bond donors (Lipinski definition) is 1. The van der Waals surface area contributed by atoms with Gasteiger partial charge in [-0.25, -0.2) is 9.59 Å². The van der Waals surface area contributed by atoms with E-state index in [0.29, 0.717) is 0 Å². The summed E-state index contributed by atoms with van der Waals surface area (Å²) in [5.74, 6) is 0. The van der Waals surface area contributed by atoms with E-state index in [1.54, 1.807) is 4.90 Å². The molecule has 3 rings (SSSR count). The Morgan fingerprint density at radius 1 is 0.857 bits per heavy atom. The molecule has 1 N–H and O–H groups in total. The Balaban J connectivity index is 1.99. The third-order valence-electron chi connectivity index (χ3n) is 4.73. The van der Waals surface area contributed by atoms with E-state index >= 15 is 0 Å². The molecular weight excluding hydrogens is 356 g/mol. The fourth-order valence-corrected chi connectivity index (χ4v) is 3.48. The monoisotopic (exact) mass is 382 g/mol. The van der Waals surface area contributed by atoms with Crippen LogP contribution in [-0.4, -0.2) is 45.8 Å². The Bertz CT molecular complexity index is 817. The number of hydrogen-bond acceptors (Lipinski definition) is 3. The normalized spacial score (nSPS) is 20.0. The van der Waals surface area contributed by atoms with Crippen molar-refractivity contribution in [2.75, 3.05) is 13.1 Å². The molecule has 2 aromatic carbocycles. The average Bonchev–Trinajstić information content (AvgIpc) is 2.67. The number of carbonyl (C=O) groups excluding carboxylic acids is 1. The molecule has 2 amide bonds. The van der Waals surface area contributed by atoms with Crippen LogP contribution < -0.4 is 0 Å². The van der Waals surface area contributed by atoms with Gasteiger partial charge in [-0.15, -0.1) is 0 Å². The summed E-state index contributed by atoms with van der Waals surface area (Å²) in [6.07, 6.45) is -1.44. The number of carboxylic acid groups (broad SMARTS) is 1. The van der Waals surface area contributed by atoms with Gasteiger partial charge in [0.1, 0.15) is 5.60 Å². The van der Waals surface area contributed by atoms with Crippen molar-refractivity contribution in [3.05, 3.63) is 71.8 Å². The molecule has 2 atom stereocenters. The van der Waals surface area contributed by atoms with E-state index in [4.69, 9.17) is 4.74 Å². The molecule has 1 heterocycles. The third kappa shape index (κ3) is 4.44. The molecule has 148 valence electrons. The Morgan fingerprint density at radius 3 is 1.71 bits per heavy atom. The number of ether oxygens (including phenoxy) is 1. The van der Waals surface area contributed by atoms with E-state index in [1.807, 2.05) is 81.4 Å². The van der Waals surface area contributed by atoms with Gasteiger partial charge in [-0.1, -0.05) is 60.7 Å². The molecule has 1 aliphatic heterocycles. The van der Waals surface area contributed by atoms with Crippen molar-refractivity contribution in [1.29, 1.82) is 0 Å². The minimum atomic E-state index is -1.00. The lowest BCUT2D eigenvalue weighted by molar-refractivity contribution is -0.0140. The Kier molecular flexibility index (Phi) is 5.58. The maximum atomic E-state index is 13.0. The van der Waals surface area contributed by atoms with Crippen LogP contribution in [0.3, 0.4) is 0 Å². The van der Waals surface area contributed by atoms with Gasteiger partial charge in [0.25, 0.3) is 0 Å². The lowest BCUT2D eigenvalue weighted by Gasteiger charge is -2.45. The quantitative estimate of drug-likeness (QED) is 0.817. The average molecular weight is 382 g/mol. The Hall–Kier alpha value is -3.02. The van der Waals surface area contributed by atoms with Crippen molar-refractivity contribution in [2.24, 2.45) is 0 Å². The summed E-state index contributed by atoms with van der Waals surface area (Å²) in [7, 11) is 0. The van der Waals surface area contributed by atoms with E-state index in [0.717, 1.165) is 11.1 Å². The van der Waals surface area contributed by atoms with Gasteiger partial charge in [0.05, 0.1) is 12.1 Å². The van der Waals surface area contributed by atoms with Crippen molar-refractivity contribution in [3.8, 4) is 0 Å². The molecule has 0 unspecified atom stereocenters. The number of rotatable bonds is 2. The number of piperazine rings is 1. The van der Waals surface area contributed by atoms with Crippen LogP contribution in [0.15, 0.2) is 60.7 Å². The standard InChI is InChI=1S/C22H26N2O4/c1-22(2,3)28-21(27)24-15-18(16-10-6-4-7-11-16)23(20(25)26)14-19(24)17-12-8-5-9-13-17/h4-13,18-19H,14-15H2,1-3H3,(H,25,26)/t18-,19+/m1/s1. The molecule has 0 aromatic heterocycles. The van der Waals surface area contributed by atoms with Crippen LogP contribution in [0.5, 0.6) is 0 Å². The van der Waals surface area contributed by atoms with Gasteiger partial charge in [0.15, 0.2) is 0 Å². The van der Waals surface area contributed by atoms with Gasteiger partial charge in [-0.05, 0) is 31.9 Å². The maximum Gasteiger partial charge on any atom is 0.410 e. The van der Waals surface area contributed by atoms with Crippen LogP contribution in [0.25, 0.3) is 0 Å². The number of carbonyl (C=O) groups is 2. The lowest BCUT2D eigenvalue weighted by Crippen LogP contribution is -2.54. The summed E-state index contributed by atoms with van der Waals surface area (Å²) >= 11 is 0. The molecule has 0 aliphatic carbocycles. The van der Waals surface area contributed by atoms with Crippen LogP contribution in [0.4, 0.5) is 9.59 Å². The zero-order valence-corrected chi connectivity index (χ0v) is 16.4. The van der Waals surface area contributed by atoms with E-state index in [1.165, 1.54) is 4.90 Å². The minimum absolute atomic E-state index is 0.179. The van der Waals surface area contributed by atoms with Crippen molar-refractivity contribution in [2.45, 2.75) is 38.5 Å². The predicted octanol–water partition coefficient (Wildman–Crippen LogP) is 4.70. The highest BCUT2D eigenvalue weighted by atomic mass is 16.6. The molecule has 0 spiro atoms. The first-order valence-electron chi connectivity index (χ1n) is 9.35. The molecule has 1 aliphatic rings. The molecule has 6 heteroatoms. The molecule has 0 saturated carbocycles. The summed E-state index contributed by atoms with van der Waals surface area (Å²) < 4.78 is 5.63. The van der Waals surface area contributed by atoms with Gasteiger partial charge in [0.2, 0.25) is 0 Å². The fraction of sp³-hybridized carbons (Fsp3) is 0.364. The summed E-state index contributed by atoms with van der Waals surface area (Å²) in [5.41, 5.74) is 1.10. The lowest BCUT2D eigenvalue weighted by atomic mass is 9.96. The SMILES string of the molecule is CC(C)(C)OC(=O)N1C[C@H](c2ccccc2)N(C(=O)O)C[C@H]1c1ccccc1. The molecule has 0 bridgehead atoms. The highest BCUT2D eigenvalue weighted by Gasteiger charge is 2.41. The zero-order chi connectivity index (χ0) is 20.3. The second-order valence-electron chi connectivity index (χ2n) is 7.92. The summed E-state index contributed by atoms with van der Waals surface area (Å²) in [6.45, 7) is 5.88. The molecule has 1 fully saturated rings. The predicted molar refractivity (Wildman–Crippen MR) is 106 cm³/mol. The third-order valence-corrected chi connectivity index (χ3v) is 4.73.